The number of nitrogens with one attached hydrogen (secondary N) is 1. The zero-order valence-corrected chi connectivity index (χ0v) is 16.6. The van der Waals surface area contributed by atoms with Gasteiger partial charge in [0.25, 0.3) is 5.91 Å². The summed E-state index contributed by atoms with van der Waals surface area (Å²) in [7, 11) is 1.58. The molecule has 1 amide bonds. The fourth-order valence-corrected chi connectivity index (χ4v) is 3.47. The molecule has 0 saturated carbocycles. The van der Waals surface area contributed by atoms with Crippen LogP contribution < -0.4 is 14.8 Å². The Morgan fingerprint density at radius 3 is 2.59 bits per heavy atom. The van der Waals surface area contributed by atoms with Gasteiger partial charge in [-0.05, 0) is 35.9 Å². The molecule has 7 heteroatoms. The Balaban J connectivity index is 1.68. The summed E-state index contributed by atoms with van der Waals surface area (Å²) in [6.07, 6.45) is 0.620. The van der Waals surface area contributed by atoms with Gasteiger partial charge in [0.1, 0.15) is 0 Å². The SMILES string of the molecule is COc1ccc(C(=O)N2CCNCC2)cc1OCCc1ccc(Cl)cc1Cl. The first-order valence-electron chi connectivity index (χ1n) is 8.83. The molecule has 1 saturated heterocycles. The first kappa shape index (κ1) is 19.8. The normalized spacial score (nSPS) is 14.1. The summed E-state index contributed by atoms with van der Waals surface area (Å²) < 4.78 is 11.3. The molecule has 0 unspecified atom stereocenters. The van der Waals surface area contributed by atoms with Crippen molar-refractivity contribution >= 4 is 29.1 Å². The van der Waals surface area contributed by atoms with E-state index in [9.17, 15) is 4.79 Å². The van der Waals surface area contributed by atoms with Crippen LogP contribution in [0, 0.1) is 0 Å². The minimum Gasteiger partial charge on any atom is -0.493 e. The van der Waals surface area contributed by atoms with Crippen molar-refractivity contribution in [2.75, 3.05) is 39.9 Å². The summed E-state index contributed by atoms with van der Waals surface area (Å²) in [5.74, 6) is 1.14. The van der Waals surface area contributed by atoms with Gasteiger partial charge in [-0.2, -0.15) is 0 Å². The summed E-state index contributed by atoms with van der Waals surface area (Å²) >= 11 is 12.1. The van der Waals surface area contributed by atoms with Gasteiger partial charge in [0.15, 0.2) is 11.5 Å². The highest BCUT2D eigenvalue weighted by molar-refractivity contribution is 6.35. The van der Waals surface area contributed by atoms with Crippen LogP contribution in [0.2, 0.25) is 10.0 Å². The van der Waals surface area contributed by atoms with Crippen LogP contribution in [-0.4, -0.2) is 50.7 Å². The van der Waals surface area contributed by atoms with E-state index in [1.54, 1.807) is 37.4 Å². The van der Waals surface area contributed by atoms with E-state index < -0.39 is 0 Å². The predicted octanol–water partition coefficient (Wildman–Crippen LogP) is 3.67. The van der Waals surface area contributed by atoms with Crippen molar-refractivity contribution < 1.29 is 14.3 Å². The van der Waals surface area contributed by atoms with E-state index in [-0.39, 0.29) is 5.91 Å². The van der Waals surface area contributed by atoms with E-state index in [0.717, 1.165) is 18.7 Å². The summed E-state index contributed by atoms with van der Waals surface area (Å²) in [6, 6.07) is 10.7. The van der Waals surface area contributed by atoms with Crippen molar-refractivity contribution in [1.29, 1.82) is 0 Å². The number of nitrogens with zero attached hydrogens (tertiary/aromatic N) is 1. The number of rotatable bonds is 6. The van der Waals surface area contributed by atoms with Crippen LogP contribution in [0.25, 0.3) is 0 Å². The molecule has 27 heavy (non-hydrogen) atoms. The smallest absolute Gasteiger partial charge is 0.254 e. The van der Waals surface area contributed by atoms with E-state index >= 15 is 0 Å². The molecule has 0 spiro atoms. The van der Waals surface area contributed by atoms with Gasteiger partial charge in [0, 0.05) is 48.2 Å². The molecule has 1 N–H and O–H groups in total. The highest BCUT2D eigenvalue weighted by atomic mass is 35.5. The number of piperazine rings is 1. The molecule has 144 valence electrons. The fraction of sp³-hybridized carbons (Fsp3) is 0.350. The number of hydrogen-bond acceptors (Lipinski definition) is 4. The van der Waals surface area contributed by atoms with Crippen LogP contribution in [0.5, 0.6) is 11.5 Å². The van der Waals surface area contributed by atoms with Gasteiger partial charge in [0.2, 0.25) is 0 Å². The second kappa shape index (κ2) is 9.31. The minimum absolute atomic E-state index is 0.00440. The molecule has 2 aromatic rings. The maximum absolute atomic E-state index is 12.7. The van der Waals surface area contributed by atoms with Crippen LogP contribution in [-0.2, 0) is 6.42 Å². The van der Waals surface area contributed by atoms with Crippen molar-refractivity contribution in [3.8, 4) is 11.5 Å². The maximum Gasteiger partial charge on any atom is 0.254 e. The van der Waals surface area contributed by atoms with Gasteiger partial charge in [-0.15, -0.1) is 0 Å². The largest absolute Gasteiger partial charge is 0.493 e. The van der Waals surface area contributed by atoms with Gasteiger partial charge < -0.3 is 19.7 Å². The monoisotopic (exact) mass is 408 g/mol. The Kier molecular flexibility index (Phi) is 6.83. The number of amides is 1. The Hall–Kier alpha value is -1.95. The number of halogens is 2. The molecule has 1 heterocycles. The zero-order valence-electron chi connectivity index (χ0n) is 15.1. The van der Waals surface area contributed by atoms with Gasteiger partial charge in [0.05, 0.1) is 13.7 Å². The molecule has 3 rings (SSSR count). The predicted molar refractivity (Wildman–Crippen MR) is 107 cm³/mol. The molecule has 2 aromatic carbocycles. The molecule has 1 aliphatic heterocycles. The number of carbonyl (C=O) groups excluding carboxylic acids is 1. The average Bonchev–Trinajstić information content (AvgIpc) is 2.69. The van der Waals surface area contributed by atoms with Crippen molar-refractivity contribution in [2.24, 2.45) is 0 Å². The zero-order chi connectivity index (χ0) is 19.2. The van der Waals surface area contributed by atoms with Crippen LogP contribution in [0.4, 0.5) is 0 Å². The maximum atomic E-state index is 12.7. The van der Waals surface area contributed by atoms with E-state index in [2.05, 4.69) is 5.32 Å². The molecule has 0 aliphatic carbocycles. The molecular formula is C20H22Cl2N2O3. The van der Waals surface area contributed by atoms with Crippen LogP contribution in [0.3, 0.4) is 0 Å². The lowest BCUT2D eigenvalue weighted by Crippen LogP contribution is -2.46. The Labute approximate surface area is 169 Å². The second-order valence-electron chi connectivity index (χ2n) is 6.24. The van der Waals surface area contributed by atoms with E-state index in [4.69, 9.17) is 32.7 Å². The van der Waals surface area contributed by atoms with Gasteiger partial charge in [-0.1, -0.05) is 29.3 Å². The van der Waals surface area contributed by atoms with E-state index in [0.29, 0.717) is 53.2 Å². The molecule has 0 bridgehead atoms. The number of carbonyl (C=O) groups is 1. The summed E-state index contributed by atoms with van der Waals surface area (Å²) in [4.78, 5) is 14.5. The van der Waals surface area contributed by atoms with E-state index in [1.807, 2.05) is 11.0 Å². The quantitative estimate of drug-likeness (QED) is 0.791. The van der Waals surface area contributed by atoms with Gasteiger partial charge in [-0.3, -0.25) is 4.79 Å². The van der Waals surface area contributed by atoms with Crippen LogP contribution >= 0.6 is 23.2 Å². The number of ether oxygens (including phenoxy) is 2. The standard InChI is InChI=1S/C20H22Cl2N2O3/c1-26-18-5-3-15(20(25)24-9-7-23-8-10-24)12-19(18)27-11-6-14-2-4-16(21)13-17(14)22/h2-5,12-13,23H,6-11H2,1H3. The second-order valence-corrected chi connectivity index (χ2v) is 7.09. The molecule has 5 nitrogen and oxygen atoms in total. The number of benzene rings is 2. The lowest BCUT2D eigenvalue weighted by molar-refractivity contribution is 0.0735. The highest BCUT2D eigenvalue weighted by Gasteiger charge is 2.19. The van der Waals surface area contributed by atoms with Crippen molar-refractivity contribution in [3.63, 3.8) is 0 Å². The number of hydrogen-bond donors (Lipinski definition) is 1. The lowest BCUT2D eigenvalue weighted by atomic mass is 10.1. The Morgan fingerprint density at radius 1 is 1.11 bits per heavy atom. The van der Waals surface area contributed by atoms with Crippen molar-refractivity contribution in [2.45, 2.75) is 6.42 Å². The number of methoxy groups -OCH3 is 1. The molecule has 0 atom stereocenters. The van der Waals surface area contributed by atoms with Gasteiger partial charge >= 0.3 is 0 Å². The third-order valence-electron chi connectivity index (χ3n) is 4.46. The van der Waals surface area contributed by atoms with Crippen LogP contribution in [0.15, 0.2) is 36.4 Å². The average molecular weight is 409 g/mol. The summed E-state index contributed by atoms with van der Waals surface area (Å²) in [5, 5.41) is 4.46. The third kappa shape index (κ3) is 5.06. The first-order chi connectivity index (χ1) is 13.1. The third-order valence-corrected chi connectivity index (χ3v) is 5.05. The molecular weight excluding hydrogens is 387 g/mol. The molecule has 0 aromatic heterocycles. The lowest BCUT2D eigenvalue weighted by Gasteiger charge is -2.27. The molecule has 0 radical (unpaired) electrons. The van der Waals surface area contributed by atoms with E-state index in [1.165, 1.54) is 0 Å². The highest BCUT2D eigenvalue weighted by Crippen LogP contribution is 2.29. The minimum atomic E-state index is 0.00440. The molecule has 1 fully saturated rings. The van der Waals surface area contributed by atoms with Crippen LogP contribution in [0.1, 0.15) is 15.9 Å². The Bertz CT molecular complexity index is 808. The topological polar surface area (TPSA) is 50.8 Å². The molecule has 1 aliphatic rings. The fourth-order valence-electron chi connectivity index (χ4n) is 2.97. The summed E-state index contributed by atoms with van der Waals surface area (Å²) in [6.45, 7) is 3.44. The van der Waals surface area contributed by atoms with Crippen molar-refractivity contribution in [3.05, 3.63) is 57.6 Å². The van der Waals surface area contributed by atoms with Crippen molar-refractivity contribution in [1.82, 2.24) is 10.2 Å². The summed E-state index contributed by atoms with van der Waals surface area (Å²) in [5.41, 5.74) is 1.55. The Morgan fingerprint density at radius 2 is 1.89 bits per heavy atom. The van der Waals surface area contributed by atoms with Gasteiger partial charge in [-0.25, -0.2) is 0 Å². The first-order valence-corrected chi connectivity index (χ1v) is 9.59.